The zero-order chi connectivity index (χ0) is 32.3. The van der Waals surface area contributed by atoms with Crippen molar-refractivity contribution in [1.82, 2.24) is 14.5 Å². The Morgan fingerprint density at radius 1 is 0.347 bits per heavy atom. The van der Waals surface area contributed by atoms with Gasteiger partial charge in [-0.25, -0.2) is 9.97 Å². The van der Waals surface area contributed by atoms with Gasteiger partial charge in [0, 0.05) is 22.2 Å². The van der Waals surface area contributed by atoms with Crippen LogP contribution in [0.2, 0.25) is 0 Å². The van der Waals surface area contributed by atoms with Crippen molar-refractivity contribution in [2.75, 3.05) is 0 Å². The zero-order valence-electron chi connectivity index (χ0n) is 26.6. The molecule has 10 rings (SSSR count). The van der Waals surface area contributed by atoms with Crippen LogP contribution in [0.25, 0.3) is 93.7 Å². The van der Waals surface area contributed by atoms with E-state index in [9.17, 15) is 0 Å². The van der Waals surface area contributed by atoms with Gasteiger partial charge in [-0.05, 0) is 67.7 Å². The van der Waals surface area contributed by atoms with Crippen molar-refractivity contribution in [1.29, 1.82) is 0 Å². The number of hydrogen-bond acceptors (Lipinski definition) is 2. The summed E-state index contributed by atoms with van der Waals surface area (Å²) in [6.45, 7) is 0. The third kappa shape index (κ3) is 4.37. The molecule has 0 fully saturated rings. The molecule has 8 aromatic carbocycles. The van der Waals surface area contributed by atoms with E-state index < -0.39 is 0 Å². The summed E-state index contributed by atoms with van der Waals surface area (Å²) < 4.78 is 2.30. The van der Waals surface area contributed by atoms with Crippen molar-refractivity contribution >= 4 is 54.3 Å². The number of fused-ring (bicyclic) bond motifs is 9. The lowest BCUT2D eigenvalue weighted by molar-refractivity contribution is 1.11. The van der Waals surface area contributed by atoms with E-state index in [0.29, 0.717) is 5.82 Å². The van der Waals surface area contributed by atoms with Crippen LogP contribution in [0.1, 0.15) is 0 Å². The van der Waals surface area contributed by atoms with Crippen LogP contribution in [0, 0.1) is 0 Å². The Morgan fingerprint density at radius 2 is 0.878 bits per heavy atom. The maximum atomic E-state index is 5.30. The van der Waals surface area contributed by atoms with Crippen LogP contribution in [0.3, 0.4) is 0 Å². The lowest BCUT2D eigenvalue weighted by atomic mass is 9.92. The summed E-state index contributed by atoms with van der Waals surface area (Å²) >= 11 is 0. The molecule has 228 valence electrons. The summed E-state index contributed by atoms with van der Waals surface area (Å²) in [5.74, 6) is 0.709. The highest BCUT2D eigenvalue weighted by atomic mass is 15.1. The number of nitrogens with zero attached hydrogens (tertiary/aromatic N) is 3. The molecule has 0 N–H and O–H groups in total. The fraction of sp³-hybridized carbons (Fsp3) is 0. The predicted molar refractivity (Wildman–Crippen MR) is 205 cm³/mol. The summed E-state index contributed by atoms with van der Waals surface area (Å²) in [5.41, 5.74) is 8.38. The van der Waals surface area contributed by atoms with Gasteiger partial charge in [0.2, 0.25) is 0 Å². The van der Waals surface area contributed by atoms with Gasteiger partial charge in [0.05, 0.1) is 16.6 Å². The molecule has 2 aromatic heterocycles. The summed E-state index contributed by atoms with van der Waals surface area (Å²) in [7, 11) is 0. The maximum Gasteiger partial charge on any atom is 0.162 e. The van der Waals surface area contributed by atoms with Crippen LogP contribution in [-0.2, 0) is 0 Å². The standard InChI is InChI=1S/C46H29N3/c1-3-14-30(15-4-1)44-43-40-24-11-12-25-42(40)49(46(43)48-45(47-44)31-16-5-2-6-17-31)34-19-13-18-32(28-34)33-26-27-39-37-22-8-7-20-35(37)36-21-9-10-23-38(36)41(39)29-33/h1-29H. The third-order valence-electron chi connectivity index (χ3n) is 9.78. The Balaban J connectivity index is 1.23. The van der Waals surface area contributed by atoms with E-state index in [1.165, 1.54) is 37.9 Å². The number of hydrogen-bond donors (Lipinski definition) is 0. The van der Waals surface area contributed by atoms with Crippen LogP contribution in [-0.4, -0.2) is 14.5 Å². The van der Waals surface area contributed by atoms with Crippen LogP contribution in [0.4, 0.5) is 0 Å². The first-order chi connectivity index (χ1) is 24.3. The minimum Gasteiger partial charge on any atom is -0.294 e. The molecule has 0 atom stereocenters. The summed E-state index contributed by atoms with van der Waals surface area (Å²) in [6, 6.07) is 62.6. The number of para-hydroxylation sites is 1. The van der Waals surface area contributed by atoms with Crippen molar-refractivity contribution in [2.24, 2.45) is 0 Å². The maximum absolute atomic E-state index is 5.30. The van der Waals surface area contributed by atoms with E-state index in [0.717, 1.165) is 50.0 Å². The second kappa shape index (κ2) is 11.0. The predicted octanol–water partition coefficient (Wildman–Crippen LogP) is 12.0. The molecular formula is C46H29N3. The lowest BCUT2D eigenvalue weighted by Gasteiger charge is -2.13. The Hall–Kier alpha value is -6.58. The van der Waals surface area contributed by atoms with E-state index >= 15 is 0 Å². The fourth-order valence-electron chi connectivity index (χ4n) is 7.55. The second-order valence-corrected chi connectivity index (χ2v) is 12.6. The van der Waals surface area contributed by atoms with Crippen LogP contribution >= 0.6 is 0 Å². The second-order valence-electron chi connectivity index (χ2n) is 12.6. The molecule has 0 amide bonds. The number of benzene rings is 8. The van der Waals surface area contributed by atoms with Gasteiger partial charge >= 0.3 is 0 Å². The first kappa shape index (κ1) is 27.5. The van der Waals surface area contributed by atoms with E-state index in [2.05, 4.69) is 156 Å². The molecule has 3 nitrogen and oxygen atoms in total. The van der Waals surface area contributed by atoms with Crippen molar-refractivity contribution in [3.63, 3.8) is 0 Å². The van der Waals surface area contributed by atoms with Crippen LogP contribution < -0.4 is 0 Å². The van der Waals surface area contributed by atoms with E-state index in [-0.39, 0.29) is 0 Å². The Bertz CT molecular complexity index is 2830. The summed E-state index contributed by atoms with van der Waals surface area (Å²) in [6.07, 6.45) is 0. The molecule has 0 spiro atoms. The van der Waals surface area contributed by atoms with E-state index in [1.54, 1.807) is 0 Å². The van der Waals surface area contributed by atoms with Crippen molar-refractivity contribution in [2.45, 2.75) is 0 Å². The molecular weight excluding hydrogens is 595 g/mol. The summed E-state index contributed by atoms with van der Waals surface area (Å²) in [5, 5.41) is 9.85. The number of aromatic nitrogens is 3. The highest BCUT2D eigenvalue weighted by Gasteiger charge is 2.21. The molecule has 0 saturated heterocycles. The average Bonchev–Trinajstić information content (AvgIpc) is 3.52. The quantitative estimate of drug-likeness (QED) is 0.183. The van der Waals surface area contributed by atoms with Gasteiger partial charge in [0.1, 0.15) is 5.65 Å². The third-order valence-corrected chi connectivity index (χ3v) is 9.78. The Morgan fingerprint density at radius 3 is 1.57 bits per heavy atom. The van der Waals surface area contributed by atoms with Gasteiger partial charge in [-0.1, -0.05) is 152 Å². The molecule has 0 bridgehead atoms. The minimum absolute atomic E-state index is 0.709. The number of rotatable bonds is 4. The monoisotopic (exact) mass is 623 g/mol. The normalized spacial score (nSPS) is 11.7. The van der Waals surface area contributed by atoms with Crippen LogP contribution in [0.5, 0.6) is 0 Å². The SMILES string of the molecule is c1ccc(-c2nc(-c3ccccc3)c3c4ccccc4n(-c4cccc(-c5ccc6c7ccccc7c7ccccc7c6c5)c4)c3n2)cc1. The lowest BCUT2D eigenvalue weighted by Crippen LogP contribution is -1.99. The molecule has 0 unspecified atom stereocenters. The first-order valence-corrected chi connectivity index (χ1v) is 16.7. The molecule has 0 aliphatic carbocycles. The van der Waals surface area contributed by atoms with Gasteiger partial charge in [-0.2, -0.15) is 0 Å². The largest absolute Gasteiger partial charge is 0.294 e. The molecule has 0 aliphatic heterocycles. The highest BCUT2D eigenvalue weighted by molar-refractivity contribution is 6.25. The molecule has 0 aliphatic rings. The molecule has 2 heterocycles. The molecule has 49 heavy (non-hydrogen) atoms. The van der Waals surface area contributed by atoms with Gasteiger partial charge in [-0.3, -0.25) is 4.57 Å². The van der Waals surface area contributed by atoms with Crippen molar-refractivity contribution in [3.05, 3.63) is 176 Å². The Kier molecular flexibility index (Phi) is 6.18. The van der Waals surface area contributed by atoms with Gasteiger partial charge in [0.25, 0.3) is 0 Å². The minimum atomic E-state index is 0.709. The summed E-state index contributed by atoms with van der Waals surface area (Å²) in [4.78, 5) is 10.5. The van der Waals surface area contributed by atoms with Crippen LogP contribution in [0.15, 0.2) is 176 Å². The molecule has 3 heteroatoms. The van der Waals surface area contributed by atoms with Crippen molar-refractivity contribution in [3.8, 4) is 39.5 Å². The zero-order valence-corrected chi connectivity index (χ0v) is 26.6. The fourth-order valence-corrected chi connectivity index (χ4v) is 7.55. The van der Waals surface area contributed by atoms with Gasteiger partial charge in [0.15, 0.2) is 5.82 Å². The van der Waals surface area contributed by atoms with E-state index in [1.807, 2.05) is 24.3 Å². The first-order valence-electron chi connectivity index (χ1n) is 16.7. The van der Waals surface area contributed by atoms with E-state index in [4.69, 9.17) is 9.97 Å². The van der Waals surface area contributed by atoms with Gasteiger partial charge < -0.3 is 0 Å². The van der Waals surface area contributed by atoms with Crippen molar-refractivity contribution < 1.29 is 0 Å². The Labute approximate surface area is 283 Å². The molecule has 10 aromatic rings. The highest BCUT2D eigenvalue weighted by Crippen LogP contribution is 2.40. The smallest absolute Gasteiger partial charge is 0.162 e. The average molecular weight is 624 g/mol. The molecule has 0 saturated carbocycles. The van der Waals surface area contributed by atoms with Gasteiger partial charge in [-0.15, -0.1) is 0 Å². The topological polar surface area (TPSA) is 30.7 Å². The molecule has 0 radical (unpaired) electrons.